The highest BCUT2D eigenvalue weighted by atomic mass is 32.1. The van der Waals surface area contributed by atoms with Gasteiger partial charge in [0.15, 0.2) is 5.82 Å². The molecule has 1 saturated heterocycles. The average molecular weight is 282 g/mol. The SMILES string of the molecule is CC(C)(C)C1CCN(c2snc(N)c2C(N)=O)CC1. The van der Waals surface area contributed by atoms with Gasteiger partial charge in [-0.2, -0.15) is 4.37 Å². The molecule has 1 aromatic heterocycles. The summed E-state index contributed by atoms with van der Waals surface area (Å²) in [7, 11) is 0. The van der Waals surface area contributed by atoms with Crippen LogP contribution in [0.15, 0.2) is 0 Å². The number of nitrogens with two attached hydrogens (primary N) is 2. The van der Waals surface area contributed by atoms with Crippen molar-refractivity contribution in [3.8, 4) is 0 Å². The van der Waals surface area contributed by atoms with Crippen molar-refractivity contribution in [1.29, 1.82) is 0 Å². The number of hydrogen-bond donors (Lipinski definition) is 2. The Morgan fingerprint density at radius 1 is 1.37 bits per heavy atom. The van der Waals surface area contributed by atoms with E-state index >= 15 is 0 Å². The van der Waals surface area contributed by atoms with E-state index in [4.69, 9.17) is 11.5 Å². The Hall–Kier alpha value is -1.30. The van der Waals surface area contributed by atoms with Gasteiger partial charge in [-0.3, -0.25) is 4.79 Å². The second kappa shape index (κ2) is 5.00. The Morgan fingerprint density at radius 2 is 1.95 bits per heavy atom. The van der Waals surface area contributed by atoms with Gasteiger partial charge in [-0.05, 0) is 35.7 Å². The largest absolute Gasteiger partial charge is 0.382 e. The number of anilines is 2. The number of nitrogen functional groups attached to an aromatic ring is 1. The summed E-state index contributed by atoms with van der Waals surface area (Å²) in [6.07, 6.45) is 2.25. The molecular weight excluding hydrogens is 260 g/mol. The first kappa shape index (κ1) is 14.1. The van der Waals surface area contributed by atoms with Crippen LogP contribution in [0, 0.1) is 11.3 Å². The minimum absolute atomic E-state index is 0.255. The number of amides is 1. The van der Waals surface area contributed by atoms with E-state index in [2.05, 4.69) is 30.0 Å². The first-order chi connectivity index (χ1) is 8.80. The summed E-state index contributed by atoms with van der Waals surface area (Å²) < 4.78 is 4.06. The molecule has 0 atom stereocenters. The number of aromatic nitrogens is 1. The fourth-order valence-electron chi connectivity index (χ4n) is 2.69. The van der Waals surface area contributed by atoms with Crippen molar-refractivity contribution in [3.63, 3.8) is 0 Å². The van der Waals surface area contributed by atoms with Crippen molar-refractivity contribution in [2.75, 3.05) is 23.7 Å². The highest BCUT2D eigenvalue weighted by Crippen LogP contribution is 2.38. The Kier molecular flexibility index (Phi) is 3.71. The van der Waals surface area contributed by atoms with E-state index in [-0.39, 0.29) is 5.82 Å². The summed E-state index contributed by atoms with van der Waals surface area (Å²) in [4.78, 5) is 13.6. The van der Waals surface area contributed by atoms with Crippen molar-refractivity contribution < 1.29 is 4.79 Å². The maximum Gasteiger partial charge on any atom is 0.255 e. The van der Waals surface area contributed by atoms with E-state index in [1.54, 1.807) is 0 Å². The van der Waals surface area contributed by atoms with E-state index in [9.17, 15) is 4.79 Å². The van der Waals surface area contributed by atoms with Crippen molar-refractivity contribution >= 4 is 28.3 Å². The molecule has 1 aromatic rings. The van der Waals surface area contributed by atoms with Gasteiger partial charge < -0.3 is 16.4 Å². The zero-order chi connectivity index (χ0) is 14.2. The van der Waals surface area contributed by atoms with E-state index in [0.29, 0.717) is 16.9 Å². The maximum atomic E-state index is 11.5. The van der Waals surface area contributed by atoms with Gasteiger partial charge >= 0.3 is 0 Å². The molecule has 1 aliphatic rings. The first-order valence-electron chi connectivity index (χ1n) is 6.60. The molecule has 0 saturated carbocycles. The minimum Gasteiger partial charge on any atom is -0.382 e. The fourth-order valence-corrected chi connectivity index (χ4v) is 3.56. The van der Waals surface area contributed by atoms with Crippen LogP contribution in [0.4, 0.5) is 10.8 Å². The molecule has 1 fully saturated rings. The summed E-state index contributed by atoms with van der Waals surface area (Å²) in [5.41, 5.74) is 11.8. The fraction of sp³-hybridized carbons (Fsp3) is 0.692. The van der Waals surface area contributed by atoms with Gasteiger partial charge in [-0.15, -0.1) is 0 Å². The normalized spacial score (nSPS) is 17.7. The predicted molar refractivity (Wildman–Crippen MR) is 79.4 cm³/mol. The zero-order valence-electron chi connectivity index (χ0n) is 11.8. The van der Waals surface area contributed by atoms with E-state index in [1.807, 2.05) is 0 Å². The number of carbonyl (C=O) groups excluding carboxylic acids is 1. The molecule has 1 aliphatic heterocycles. The molecule has 0 spiro atoms. The summed E-state index contributed by atoms with van der Waals surface area (Å²) in [6.45, 7) is 8.72. The quantitative estimate of drug-likeness (QED) is 0.869. The average Bonchev–Trinajstić information content (AvgIpc) is 2.70. The Balaban J connectivity index is 2.12. The van der Waals surface area contributed by atoms with Crippen molar-refractivity contribution in [2.24, 2.45) is 17.1 Å². The van der Waals surface area contributed by atoms with Crippen LogP contribution in [0.5, 0.6) is 0 Å². The van der Waals surface area contributed by atoms with Gasteiger partial charge in [-0.25, -0.2) is 0 Å². The molecule has 5 nitrogen and oxygen atoms in total. The zero-order valence-corrected chi connectivity index (χ0v) is 12.6. The molecule has 2 heterocycles. The molecule has 0 unspecified atom stereocenters. The Labute approximate surface area is 118 Å². The molecule has 2 rings (SSSR count). The van der Waals surface area contributed by atoms with Crippen LogP contribution >= 0.6 is 11.5 Å². The monoisotopic (exact) mass is 282 g/mol. The highest BCUT2D eigenvalue weighted by Gasteiger charge is 2.31. The van der Waals surface area contributed by atoms with Crippen LogP contribution in [0.25, 0.3) is 0 Å². The molecule has 6 heteroatoms. The lowest BCUT2D eigenvalue weighted by Crippen LogP contribution is -2.38. The predicted octanol–water partition coefficient (Wildman–Crippen LogP) is 2.09. The molecule has 0 aliphatic carbocycles. The number of rotatable bonds is 2. The van der Waals surface area contributed by atoms with Gasteiger partial charge in [-0.1, -0.05) is 20.8 Å². The van der Waals surface area contributed by atoms with Gasteiger partial charge in [0, 0.05) is 13.1 Å². The van der Waals surface area contributed by atoms with E-state index in [0.717, 1.165) is 30.9 Å². The number of carbonyl (C=O) groups is 1. The molecule has 19 heavy (non-hydrogen) atoms. The summed E-state index contributed by atoms with van der Waals surface area (Å²) in [5, 5.41) is 0.831. The summed E-state index contributed by atoms with van der Waals surface area (Å²) in [6, 6.07) is 0. The minimum atomic E-state index is -0.487. The molecule has 106 valence electrons. The lowest BCUT2D eigenvalue weighted by molar-refractivity contribution is 0.100. The van der Waals surface area contributed by atoms with Crippen molar-refractivity contribution in [1.82, 2.24) is 4.37 Å². The molecule has 0 radical (unpaired) electrons. The van der Waals surface area contributed by atoms with E-state index in [1.165, 1.54) is 11.5 Å². The van der Waals surface area contributed by atoms with Crippen LogP contribution in [0.3, 0.4) is 0 Å². The molecule has 0 bridgehead atoms. The second-order valence-corrected chi connectivity index (χ2v) is 6.99. The van der Waals surface area contributed by atoms with Gasteiger partial charge in [0.05, 0.1) is 0 Å². The Morgan fingerprint density at radius 3 is 2.42 bits per heavy atom. The summed E-state index contributed by atoms with van der Waals surface area (Å²) >= 11 is 1.27. The Bertz CT molecular complexity index is 469. The summed E-state index contributed by atoms with van der Waals surface area (Å²) in [5.74, 6) is 0.482. The van der Waals surface area contributed by atoms with E-state index < -0.39 is 5.91 Å². The molecule has 4 N–H and O–H groups in total. The van der Waals surface area contributed by atoms with Gasteiger partial charge in [0.25, 0.3) is 5.91 Å². The third-order valence-corrected chi connectivity index (χ3v) is 4.88. The number of hydrogen-bond acceptors (Lipinski definition) is 5. The highest BCUT2D eigenvalue weighted by molar-refractivity contribution is 7.11. The van der Waals surface area contributed by atoms with Crippen molar-refractivity contribution in [2.45, 2.75) is 33.6 Å². The van der Waals surface area contributed by atoms with Gasteiger partial charge in [0.2, 0.25) is 0 Å². The first-order valence-corrected chi connectivity index (χ1v) is 7.38. The van der Waals surface area contributed by atoms with Crippen LogP contribution in [0.1, 0.15) is 44.0 Å². The number of primary amides is 1. The number of piperidine rings is 1. The number of nitrogens with zero attached hydrogens (tertiary/aromatic N) is 2. The lowest BCUT2D eigenvalue weighted by atomic mass is 9.75. The molecule has 0 aromatic carbocycles. The smallest absolute Gasteiger partial charge is 0.255 e. The third-order valence-electron chi connectivity index (χ3n) is 3.95. The van der Waals surface area contributed by atoms with Crippen LogP contribution in [-0.4, -0.2) is 23.4 Å². The maximum absolute atomic E-state index is 11.5. The van der Waals surface area contributed by atoms with Gasteiger partial charge in [0.1, 0.15) is 10.6 Å². The topological polar surface area (TPSA) is 85.2 Å². The molecular formula is C13H22N4OS. The van der Waals surface area contributed by atoms with Crippen LogP contribution < -0.4 is 16.4 Å². The lowest BCUT2D eigenvalue weighted by Gasteiger charge is -2.39. The third kappa shape index (κ3) is 2.83. The van der Waals surface area contributed by atoms with Crippen LogP contribution in [-0.2, 0) is 0 Å². The van der Waals surface area contributed by atoms with Crippen LogP contribution in [0.2, 0.25) is 0 Å². The second-order valence-electron chi connectivity index (χ2n) is 6.24. The molecule has 1 amide bonds. The van der Waals surface area contributed by atoms with Crippen molar-refractivity contribution in [3.05, 3.63) is 5.56 Å². The standard InChI is InChI=1S/C13H22N4OS/c1-13(2,3)8-4-6-17(7-5-8)12-9(11(15)18)10(14)16-19-12/h8H,4-7H2,1-3H3,(H2,14,16)(H2,15,18).